The number of aryl methyl sites for hydroxylation is 2. The maximum absolute atomic E-state index is 6.23. The average Bonchev–Trinajstić information content (AvgIpc) is 2.77. The number of hydrogen-bond donors (Lipinski definition) is 1. The van der Waals surface area contributed by atoms with Gasteiger partial charge < -0.3 is 10.3 Å². The lowest BCUT2D eigenvalue weighted by molar-refractivity contribution is 0.733. The molecule has 3 nitrogen and oxygen atoms in total. The Morgan fingerprint density at radius 1 is 1.25 bits per heavy atom. The van der Waals surface area contributed by atoms with Crippen molar-refractivity contribution in [2.45, 2.75) is 39.7 Å². The first-order valence-electron chi connectivity index (χ1n) is 7.08. The Hall–Kier alpha value is -2.21. The van der Waals surface area contributed by atoms with Gasteiger partial charge in [0.1, 0.15) is 17.3 Å². The molecule has 0 aliphatic rings. The van der Waals surface area contributed by atoms with Gasteiger partial charge in [0.2, 0.25) is 0 Å². The fourth-order valence-corrected chi connectivity index (χ4v) is 2.31. The van der Waals surface area contributed by atoms with E-state index in [1.54, 1.807) is 0 Å². The number of nitrogens with two attached hydrogens (primary N) is 1. The highest BCUT2D eigenvalue weighted by Crippen LogP contribution is 2.27. The van der Waals surface area contributed by atoms with E-state index < -0.39 is 0 Å². The van der Waals surface area contributed by atoms with Gasteiger partial charge in [0.15, 0.2) is 0 Å². The molecule has 0 amide bonds. The van der Waals surface area contributed by atoms with E-state index in [4.69, 9.17) is 12.2 Å². The molecule has 2 rings (SSSR count). The monoisotopic (exact) mass is 267 g/mol. The Morgan fingerprint density at radius 3 is 2.50 bits per heavy atom. The normalized spacial score (nSPS) is 10.4. The summed E-state index contributed by atoms with van der Waals surface area (Å²) >= 11 is 0. The lowest BCUT2D eigenvalue weighted by Gasteiger charge is -2.05. The minimum atomic E-state index is 0.473. The van der Waals surface area contributed by atoms with Gasteiger partial charge in [-0.3, -0.25) is 0 Å². The number of imidazole rings is 1. The molecule has 1 aromatic heterocycles. The summed E-state index contributed by atoms with van der Waals surface area (Å²) in [6, 6.07) is 8.39. The summed E-state index contributed by atoms with van der Waals surface area (Å²) in [5.74, 6) is 4.28. The van der Waals surface area contributed by atoms with Crippen LogP contribution in [0.25, 0.3) is 11.3 Å². The molecule has 0 atom stereocenters. The summed E-state index contributed by atoms with van der Waals surface area (Å²) in [6.45, 7) is 4.74. The number of anilines is 1. The second-order valence-corrected chi connectivity index (χ2v) is 4.85. The van der Waals surface area contributed by atoms with Crippen molar-refractivity contribution in [3.8, 4) is 23.6 Å². The fraction of sp³-hybridized carbons (Fsp3) is 0.353. The van der Waals surface area contributed by atoms with Gasteiger partial charge in [0.05, 0.1) is 6.54 Å². The smallest absolute Gasteiger partial charge is 0.132 e. The topological polar surface area (TPSA) is 43.8 Å². The molecule has 20 heavy (non-hydrogen) atoms. The summed E-state index contributed by atoms with van der Waals surface area (Å²) in [6.07, 6.45) is 8.37. The lowest BCUT2D eigenvalue weighted by Crippen LogP contribution is -2.06. The summed E-state index contributed by atoms with van der Waals surface area (Å²) in [5.41, 5.74) is 9.43. The third kappa shape index (κ3) is 2.70. The third-order valence-corrected chi connectivity index (χ3v) is 3.44. The standard InChI is InChI=1S/C17H21N3/c1-4-7-15-19-16(17(18)20(15)12-5-2)14-10-8-13(6-3)9-11-14/h2,8-11H,4,6-7,12,18H2,1,3H3. The highest BCUT2D eigenvalue weighted by atomic mass is 15.1. The highest BCUT2D eigenvalue weighted by Gasteiger charge is 2.14. The molecule has 104 valence electrons. The highest BCUT2D eigenvalue weighted by molar-refractivity contribution is 5.71. The molecular weight excluding hydrogens is 246 g/mol. The molecule has 0 spiro atoms. The zero-order valence-corrected chi connectivity index (χ0v) is 12.2. The molecule has 0 saturated heterocycles. The van der Waals surface area contributed by atoms with Crippen LogP contribution in [-0.4, -0.2) is 9.55 Å². The van der Waals surface area contributed by atoms with Crippen molar-refractivity contribution in [3.05, 3.63) is 35.7 Å². The number of nitrogens with zero attached hydrogens (tertiary/aromatic N) is 2. The molecule has 0 unspecified atom stereocenters. The maximum atomic E-state index is 6.23. The second kappa shape index (κ2) is 6.29. The van der Waals surface area contributed by atoms with Crippen molar-refractivity contribution in [2.75, 3.05) is 5.73 Å². The van der Waals surface area contributed by atoms with Crippen molar-refractivity contribution in [1.29, 1.82) is 0 Å². The van der Waals surface area contributed by atoms with E-state index in [-0.39, 0.29) is 0 Å². The van der Waals surface area contributed by atoms with E-state index in [0.29, 0.717) is 12.4 Å². The molecule has 1 heterocycles. The van der Waals surface area contributed by atoms with E-state index in [9.17, 15) is 0 Å². The number of nitrogen functional groups attached to an aromatic ring is 1. The second-order valence-electron chi connectivity index (χ2n) is 4.85. The Kier molecular flexibility index (Phi) is 4.47. The molecule has 2 N–H and O–H groups in total. The fourth-order valence-electron chi connectivity index (χ4n) is 2.31. The Bertz CT molecular complexity index is 615. The number of rotatable bonds is 5. The van der Waals surface area contributed by atoms with Crippen molar-refractivity contribution in [2.24, 2.45) is 0 Å². The van der Waals surface area contributed by atoms with Crippen LogP contribution in [-0.2, 0) is 19.4 Å². The van der Waals surface area contributed by atoms with E-state index in [2.05, 4.69) is 49.0 Å². The number of aromatic nitrogens is 2. The summed E-state index contributed by atoms with van der Waals surface area (Å²) in [5, 5.41) is 0. The molecule has 0 aliphatic heterocycles. The van der Waals surface area contributed by atoms with E-state index in [0.717, 1.165) is 36.3 Å². The van der Waals surface area contributed by atoms with Gasteiger partial charge in [-0.05, 0) is 18.4 Å². The van der Waals surface area contributed by atoms with Crippen LogP contribution in [0.4, 0.5) is 5.82 Å². The van der Waals surface area contributed by atoms with Crippen LogP contribution in [0, 0.1) is 12.3 Å². The number of benzene rings is 1. The molecule has 0 radical (unpaired) electrons. The van der Waals surface area contributed by atoms with Crippen LogP contribution >= 0.6 is 0 Å². The van der Waals surface area contributed by atoms with Crippen molar-refractivity contribution < 1.29 is 0 Å². The van der Waals surface area contributed by atoms with Gasteiger partial charge >= 0.3 is 0 Å². The Balaban J connectivity index is 2.45. The van der Waals surface area contributed by atoms with Gasteiger partial charge in [-0.1, -0.05) is 44.0 Å². The van der Waals surface area contributed by atoms with Crippen LogP contribution in [0.3, 0.4) is 0 Å². The summed E-state index contributed by atoms with van der Waals surface area (Å²) < 4.78 is 1.94. The third-order valence-electron chi connectivity index (χ3n) is 3.44. The molecule has 3 heteroatoms. The van der Waals surface area contributed by atoms with E-state index in [1.165, 1.54) is 5.56 Å². The van der Waals surface area contributed by atoms with Crippen LogP contribution in [0.1, 0.15) is 31.7 Å². The number of hydrogen-bond acceptors (Lipinski definition) is 2. The molecule has 2 aromatic rings. The van der Waals surface area contributed by atoms with Crippen molar-refractivity contribution in [3.63, 3.8) is 0 Å². The minimum Gasteiger partial charge on any atom is -0.383 e. The van der Waals surface area contributed by atoms with E-state index in [1.807, 2.05) is 4.57 Å². The summed E-state index contributed by atoms with van der Waals surface area (Å²) in [4.78, 5) is 4.69. The van der Waals surface area contributed by atoms with Gasteiger partial charge in [0.25, 0.3) is 0 Å². The predicted octanol–water partition coefficient (Wildman–Crippen LogP) is 3.28. The minimum absolute atomic E-state index is 0.473. The maximum Gasteiger partial charge on any atom is 0.132 e. The van der Waals surface area contributed by atoms with Crippen LogP contribution in [0.5, 0.6) is 0 Å². The van der Waals surface area contributed by atoms with Crippen LogP contribution < -0.4 is 5.73 Å². The van der Waals surface area contributed by atoms with Crippen molar-refractivity contribution >= 4 is 5.82 Å². The lowest BCUT2D eigenvalue weighted by atomic mass is 10.1. The van der Waals surface area contributed by atoms with Gasteiger partial charge in [-0.15, -0.1) is 6.42 Å². The SMILES string of the molecule is C#CCn1c(CCC)nc(-c2ccc(CC)cc2)c1N. The molecule has 1 aromatic carbocycles. The zero-order chi connectivity index (χ0) is 14.5. The van der Waals surface area contributed by atoms with Crippen molar-refractivity contribution in [1.82, 2.24) is 9.55 Å². The van der Waals surface area contributed by atoms with E-state index >= 15 is 0 Å². The predicted molar refractivity (Wildman–Crippen MR) is 84.3 cm³/mol. The molecule has 0 fully saturated rings. The largest absolute Gasteiger partial charge is 0.383 e. The molecule has 0 bridgehead atoms. The van der Waals surface area contributed by atoms with Gasteiger partial charge in [0, 0.05) is 12.0 Å². The summed E-state index contributed by atoms with van der Waals surface area (Å²) in [7, 11) is 0. The zero-order valence-electron chi connectivity index (χ0n) is 12.2. The molecule has 0 aliphatic carbocycles. The quantitative estimate of drug-likeness (QED) is 0.845. The van der Waals surface area contributed by atoms with Gasteiger partial charge in [-0.2, -0.15) is 0 Å². The first kappa shape index (κ1) is 14.2. The molecular formula is C17H21N3. The first-order valence-corrected chi connectivity index (χ1v) is 7.08. The Labute approximate surface area is 120 Å². The number of terminal acetylenes is 1. The molecule has 0 saturated carbocycles. The van der Waals surface area contributed by atoms with Gasteiger partial charge in [-0.25, -0.2) is 4.98 Å². The Morgan fingerprint density at radius 2 is 1.95 bits per heavy atom. The average molecular weight is 267 g/mol. The van der Waals surface area contributed by atoms with Crippen LogP contribution in [0.15, 0.2) is 24.3 Å². The first-order chi connectivity index (χ1) is 9.71. The van der Waals surface area contributed by atoms with Crippen LogP contribution in [0.2, 0.25) is 0 Å².